The molecular formula is C19H30O4Si. The number of ether oxygens (including phenoxy) is 2. The van der Waals surface area contributed by atoms with E-state index in [9.17, 15) is 4.79 Å². The molecule has 1 unspecified atom stereocenters. The predicted molar refractivity (Wildman–Crippen MR) is 97.3 cm³/mol. The lowest BCUT2D eigenvalue weighted by Crippen LogP contribution is -2.52. The van der Waals surface area contributed by atoms with Crippen LogP contribution in [0.1, 0.15) is 45.2 Å². The largest absolute Gasteiger partial charge is 0.466 e. The molecule has 0 fully saturated rings. The van der Waals surface area contributed by atoms with E-state index < -0.39 is 14.1 Å². The molecule has 0 bridgehead atoms. The quantitative estimate of drug-likeness (QED) is 0.584. The van der Waals surface area contributed by atoms with Crippen LogP contribution >= 0.6 is 0 Å². The average molecular weight is 351 g/mol. The van der Waals surface area contributed by atoms with Crippen molar-refractivity contribution in [3.05, 3.63) is 35.4 Å². The number of esters is 1. The van der Waals surface area contributed by atoms with Gasteiger partial charge in [0.05, 0.1) is 13.2 Å². The molecule has 0 amide bonds. The molecule has 0 radical (unpaired) electrons. The zero-order valence-electron chi connectivity index (χ0n) is 15.8. The number of rotatable bonds is 5. The summed E-state index contributed by atoms with van der Waals surface area (Å²) in [7, 11) is -2.16. The molecule has 4 nitrogen and oxygen atoms in total. The molecule has 0 N–H and O–H groups in total. The summed E-state index contributed by atoms with van der Waals surface area (Å²) in [5, 5.41) is 0.0183. The van der Waals surface area contributed by atoms with E-state index in [2.05, 4.69) is 39.9 Å². The van der Waals surface area contributed by atoms with E-state index in [-0.39, 0.29) is 17.4 Å². The van der Waals surface area contributed by atoms with Gasteiger partial charge in [-0.05, 0) is 37.0 Å². The van der Waals surface area contributed by atoms with Crippen molar-refractivity contribution < 1.29 is 18.7 Å². The van der Waals surface area contributed by atoms with Crippen molar-refractivity contribution in [3.8, 4) is 0 Å². The standard InChI is InChI=1S/C19H30O4Si/c1-7-21-17(20)14-19(23-24(5,6)18(2,3)4)16-11-9-8-10-15(16)12-13-22-19/h8-11H,7,12-14H2,1-6H3. The highest BCUT2D eigenvalue weighted by Crippen LogP contribution is 2.46. The van der Waals surface area contributed by atoms with Crippen molar-refractivity contribution >= 4 is 14.3 Å². The molecule has 0 aliphatic carbocycles. The molecule has 1 aliphatic heterocycles. The summed E-state index contributed by atoms with van der Waals surface area (Å²) in [5.74, 6) is -1.32. The lowest BCUT2D eigenvalue weighted by Gasteiger charge is -2.47. The number of carbonyl (C=O) groups excluding carboxylic acids is 1. The fourth-order valence-corrected chi connectivity index (χ4v) is 4.12. The van der Waals surface area contributed by atoms with Crippen molar-refractivity contribution in [2.45, 2.75) is 64.5 Å². The maximum absolute atomic E-state index is 12.3. The van der Waals surface area contributed by atoms with Gasteiger partial charge < -0.3 is 13.9 Å². The normalized spacial score (nSPS) is 21.2. The molecule has 24 heavy (non-hydrogen) atoms. The van der Waals surface area contributed by atoms with Crippen LogP contribution < -0.4 is 0 Å². The molecule has 0 aromatic heterocycles. The second kappa shape index (κ2) is 6.98. The first-order chi connectivity index (χ1) is 11.1. The molecule has 1 atom stereocenters. The zero-order chi connectivity index (χ0) is 18.0. The molecular weight excluding hydrogens is 320 g/mol. The first-order valence-corrected chi connectivity index (χ1v) is 11.6. The number of hydrogen-bond donors (Lipinski definition) is 0. The van der Waals surface area contributed by atoms with Gasteiger partial charge in [0.15, 0.2) is 14.1 Å². The van der Waals surface area contributed by atoms with Crippen LogP contribution in [0, 0.1) is 0 Å². The molecule has 1 heterocycles. The third-order valence-corrected chi connectivity index (χ3v) is 9.50. The van der Waals surface area contributed by atoms with Crippen LogP contribution in [0.25, 0.3) is 0 Å². The summed E-state index contributed by atoms with van der Waals surface area (Å²) in [5.41, 5.74) is 2.15. The van der Waals surface area contributed by atoms with Crippen LogP contribution in [0.3, 0.4) is 0 Å². The van der Waals surface area contributed by atoms with Gasteiger partial charge in [-0.1, -0.05) is 45.0 Å². The molecule has 0 saturated heterocycles. The highest BCUT2D eigenvalue weighted by atomic mass is 28.4. The smallest absolute Gasteiger partial charge is 0.311 e. The lowest BCUT2D eigenvalue weighted by atomic mass is 9.93. The number of benzene rings is 1. The molecule has 2 rings (SSSR count). The van der Waals surface area contributed by atoms with Gasteiger partial charge in [-0.25, -0.2) is 0 Å². The number of fused-ring (bicyclic) bond motifs is 1. The monoisotopic (exact) mass is 350 g/mol. The Hall–Kier alpha value is -1.17. The van der Waals surface area contributed by atoms with E-state index >= 15 is 0 Å². The van der Waals surface area contributed by atoms with Crippen molar-refractivity contribution in [1.82, 2.24) is 0 Å². The molecule has 134 valence electrons. The highest BCUT2D eigenvalue weighted by Gasteiger charge is 2.49. The zero-order valence-corrected chi connectivity index (χ0v) is 16.8. The van der Waals surface area contributed by atoms with Gasteiger partial charge in [-0.3, -0.25) is 4.79 Å². The van der Waals surface area contributed by atoms with Crippen molar-refractivity contribution in [2.75, 3.05) is 13.2 Å². The minimum Gasteiger partial charge on any atom is -0.466 e. The summed E-state index contributed by atoms with van der Waals surface area (Å²) in [6.07, 6.45) is 0.923. The van der Waals surface area contributed by atoms with Crippen molar-refractivity contribution in [3.63, 3.8) is 0 Å². The van der Waals surface area contributed by atoms with Crippen molar-refractivity contribution in [1.29, 1.82) is 0 Å². The Kier molecular flexibility index (Phi) is 5.57. The van der Waals surface area contributed by atoms with E-state index in [1.807, 2.05) is 25.1 Å². The number of hydrogen-bond acceptors (Lipinski definition) is 4. The maximum Gasteiger partial charge on any atom is 0.311 e. The van der Waals surface area contributed by atoms with Gasteiger partial charge in [-0.15, -0.1) is 0 Å². The van der Waals surface area contributed by atoms with E-state index in [0.29, 0.717) is 13.2 Å². The summed E-state index contributed by atoms with van der Waals surface area (Å²) in [4.78, 5) is 12.3. The van der Waals surface area contributed by atoms with Crippen LogP contribution in [0.5, 0.6) is 0 Å². The maximum atomic E-state index is 12.3. The van der Waals surface area contributed by atoms with Crippen molar-refractivity contribution in [2.24, 2.45) is 0 Å². The topological polar surface area (TPSA) is 44.8 Å². The predicted octanol–water partition coefficient (Wildman–Crippen LogP) is 4.39. The van der Waals surface area contributed by atoms with E-state index in [0.717, 1.165) is 12.0 Å². The first kappa shape index (κ1) is 19.2. The first-order valence-electron chi connectivity index (χ1n) is 8.69. The lowest BCUT2D eigenvalue weighted by molar-refractivity contribution is -0.217. The molecule has 0 spiro atoms. The van der Waals surface area contributed by atoms with Gasteiger partial charge in [0, 0.05) is 5.56 Å². The second-order valence-corrected chi connectivity index (χ2v) is 12.6. The fourth-order valence-electron chi connectivity index (χ4n) is 2.75. The Balaban J connectivity index is 2.46. The van der Waals surface area contributed by atoms with Gasteiger partial charge in [0.2, 0.25) is 0 Å². The third kappa shape index (κ3) is 3.90. The van der Waals surface area contributed by atoms with Crippen LogP contribution in [0.2, 0.25) is 18.1 Å². The van der Waals surface area contributed by atoms with Gasteiger partial charge in [0.25, 0.3) is 0 Å². The summed E-state index contributed by atoms with van der Waals surface area (Å²) in [6, 6.07) is 8.10. The van der Waals surface area contributed by atoms with Crippen LogP contribution in [-0.4, -0.2) is 27.5 Å². The highest BCUT2D eigenvalue weighted by molar-refractivity contribution is 6.74. The summed E-state index contributed by atoms with van der Waals surface area (Å²) in [6.45, 7) is 13.6. The van der Waals surface area contributed by atoms with E-state index in [1.165, 1.54) is 5.56 Å². The molecule has 0 saturated carbocycles. The second-order valence-electron chi connectivity index (χ2n) is 7.85. The van der Waals surface area contributed by atoms with Crippen LogP contribution in [0.15, 0.2) is 24.3 Å². The third-order valence-electron chi connectivity index (χ3n) is 5.04. The summed E-state index contributed by atoms with van der Waals surface area (Å²) < 4.78 is 18.0. The Morgan fingerprint density at radius 2 is 1.96 bits per heavy atom. The Labute approximate surface area is 146 Å². The van der Waals surface area contributed by atoms with Gasteiger partial charge in [-0.2, -0.15) is 0 Å². The van der Waals surface area contributed by atoms with Crippen LogP contribution in [0.4, 0.5) is 0 Å². The Morgan fingerprint density at radius 3 is 2.58 bits per heavy atom. The minimum atomic E-state index is -2.16. The number of carbonyl (C=O) groups is 1. The molecule has 1 aliphatic rings. The van der Waals surface area contributed by atoms with E-state index in [1.54, 1.807) is 0 Å². The van der Waals surface area contributed by atoms with Gasteiger partial charge >= 0.3 is 5.97 Å². The Bertz CT molecular complexity index is 591. The van der Waals surface area contributed by atoms with E-state index in [4.69, 9.17) is 13.9 Å². The summed E-state index contributed by atoms with van der Waals surface area (Å²) >= 11 is 0. The fraction of sp³-hybridized carbons (Fsp3) is 0.632. The minimum absolute atomic E-state index is 0.0183. The SMILES string of the molecule is CCOC(=O)CC1(O[Si](C)(C)C(C)(C)C)OCCc2ccccc21. The van der Waals surface area contributed by atoms with Crippen LogP contribution in [-0.2, 0) is 30.9 Å². The molecule has 5 heteroatoms. The van der Waals surface area contributed by atoms with Gasteiger partial charge in [0.1, 0.15) is 6.42 Å². The average Bonchev–Trinajstić information content (AvgIpc) is 2.46. The molecule has 1 aromatic carbocycles. The molecule has 1 aromatic rings. The Morgan fingerprint density at radius 1 is 1.29 bits per heavy atom.